The predicted molar refractivity (Wildman–Crippen MR) is 135 cm³/mol. The molecule has 2 N–H and O–H groups in total. The Labute approximate surface area is 185 Å². The highest BCUT2D eigenvalue weighted by atomic mass is 16.5. The molecule has 0 aliphatic rings. The highest BCUT2D eigenvalue weighted by molar-refractivity contribution is 5.59. The quantitative estimate of drug-likeness (QED) is 0.461. The minimum Gasteiger partial charge on any atom is -0.496 e. The van der Waals surface area contributed by atoms with E-state index in [2.05, 4.69) is 79.8 Å². The Morgan fingerprint density at radius 1 is 1.03 bits per heavy atom. The average molecular weight is 410 g/mol. The maximum atomic E-state index is 6.31. The van der Waals surface area contributed by atoms with E-state index in [1.807, 2.05) is 19.9 Å². The van der Waals surface area contributed by atoms with Crippen molar-refractivity contribution in [3.8, 4) is 5.75 Å². The van der Waals surface area contributed by atoms with Crippen LogP contribution in [0.15, 0.2) is 76.6 Å². The maximum Gasteiger partial charge on any atom is 0.123 e. The summed E-state index contributed by atoms with van der Waals surface area (Å²) in [5.41, 5.74) is 15.9. The number of hydrogen-bond acceptors (Lipinski definition) is 2. The molecular weight excluding hydrogens is 366 g/mol. The first-order valence-corrected chi connectivity index (χ1v) is 10.7. The van der Waals surface area contributed by atoms with Gasteiger partial charge in [0.2, 0.25) is 0 Å². The molecule has 30 heavy (non-hydrogen) atoms. The first-order valence-electron chi connectivity index (χ1n) is 10.7. The van der Waals surface area contributed by atoms with Gasteiger partial charge in [-0.3, -0.25) is 0 Å². The molecule has 1 rings (SSSR count). The third-order valence-electron chi connectivity index (χ3n) is 4.88. The molecule has 1 atom stereocenters. The molecule has 2 heteroatoms. The Balaban J connectivity index is 0.00000263. The number of allylic oxidation sites excluding steroid dienone is 7. The molecule has 1 unspecified atom stereocenters. The fraction of sp³-hybridized carbons (Fsp3) is 0.429. The van der Waals surface area contributed by atoms with Crippen LogP contribution in [0.3, 0.4) is 0 Å². The lowest BCUT2D eigenvalue weighted by Crippen LogP contribution is -2.14. The topological polar surface area (TPSA) is 35.2 Å². The molecule has 2 nitrogen and oxygen atoms in total. The summed E-state index contributed by atoms with van der Waals surface area (Å²) in [4.78, 5) is 0. The standard InChI is InChI=1S/C25H35NO.C3H8/c1-11-21(26)19(9)24(17(6)7)25(23(15(2)3)16(4)5)20-13-12-18(8)14-22(20)27-10;1-3-2/h11-14,25H,2,6,26H2,1,3-5,7-10H3;3H2,1-2H3/b21-11+,24-19+;. The van der Waals surface area contributed by atoms with Gasteiger partial charge in [0, 0.05) is 17.2 Å². The number of benzene rings is 1. The molecule has 0 heterocycles. The van der Waals surface area contributed by atoms with Gasteiger partial charge in [0.25, 0.3) is 0 Å². The maximum absolute atomic E-state index is 6.31. The molecule has 1 aromatic carbocycles. The van der Waals surface area contributed by atoms with Crippen molar-refractivity contribution in [2.24, 2.45) is 5.73 Å². The second kappa shape index (κ2) is 13.0. The molecule has 166 valence electrons. The Bertz CT molecular complexity index is 845. The molecule has 0 aliphatic carbocycles. The van der Waals surface area contributed by atoms with Crippen LogP contribution in [0.5, 0.6) is 5.75 Å². The lowest BCUT2D eigenvalue weighted by atomic mass is 9.75. The van der Waals surface area contributed by atoms with Gasteiger partial charge < -0.3 is 10.5 Å². The summed E-state index contributed by atoms with van der Waals surface area (Å²) < 4.78 is 5.76. The summed E-state index contributed by atoms with van der Waals surface area (Å²) in [5, 5.41) is 0. The summed E-state index contributed by atoms with van der Waals surface area (Å²) in [5.74, 6) is 0.824. The van der Waals surface area contributed by atoms with Crippen LogP contribution in [0.2, 0.25) is 0 Å². The second-order valence-corrected chi connectivity index (χ2v) is 8.14. The molecule has 0 bridgehead atoms. The van der Waals surface area contributed by atoms with Crippen LogP contribution in [-0.2, 0) is 0 Å². The third kappa shape index (κ3) is 7.09. The molecule has 0 amide bonds. The largest absolute Gasteiger partial charge is 0.496 e. The zero-order valence-corrected chi connectivity index (χ0v) is 21.0. The number of rotatable bonds is 7. The minimum atomic E-state index is -0.0425. The van der Waals surface area contributed by atoms with Gasteiger partial charge in [-0.1, -0.05) is 68.4 Å². The van der Waals surface area contributed by atoms with Crippen LogP contribution in [0, 0.1) is 6.92 Å². The summed E-state index contributed by atoms with van der Waals surface area (Å²) in [6.45, 7) is 27.2. The fourth-order valence-corrected chi connectivity index (χ4v) is 3.63. The van der Waals surface area contributed by atoms with Crippen molar-refractivity contribution in [1.82, 2.24) is 0 Å². The third-order valence-corrected chi connectivity index (χ3v) is 4.88. The smallest absolute Gasteiger partial charge is 0.123 e. The van der Waals surface area contributed by atoms with Crippen LogP contribution >= 0.6 is 0 Å². The van der Waals surface area contributed by atoms with Gasteiger partial charge in [-0.15, -0.1) is 0 Å². The SMILES string of the molecule is C=C(C)C(=C(C)C)C(/C(C(=C)C)=C(C)/C(N)=C\C)c1ccc(C)cc1OC.CCC. The van der Waals surface area contributed by atoms with Crippen molar-refractivity contribution in [3.05, 3.63) is 87.7 Å². The van der Waals surface area contributed by atoms with Crippen molar-refractivity contribution in [3.63, 3.8) is 0 Å². The summed E-state index contributed by atoms with van der Waals surface area (Å²) in [7, 11) is 1.72. The Morgan fingerprint density at radius 3 is 1.90 bits per heavy atom. The van der Waals surface area contributed by atoms with Gasteiger partial charge >= 0.3 is 0 Å². The summed E-state index contributed by atoms with van der Waals surface area (Å²) >= 11 is 0. The van der Waals surface area contributed by atoms with Crippen LogP contribution in [-0.4, -0.2) is 7.11 Å². The van der Waals surface area contributed by atoms with Gasteiger partial charge in [-0.2, -0.15) is 0 Å². The van der Waals surface area contributed by atoms with E-state index in [1.54, 1.807) is 7.11 Å². The number of ether oxygens (including phenoxy) is 1. The van der Waals surface area contributed by atoms with Gasteiger partial charge in [-0.25, -0.2) is 0 Å². The lowest BCUT2D eigenvalue weighted by Gasteiger charge is -2.30. The van der Waals surface area contributed by atoms with Crippen LogP contribution in [0.4, 0.5) is 0 Å². The van der Waals surface area contributed by atoms with E-state index in [9.17, 15) is 0 Å². The Kier molecular flexibility index (Phi) is 11.9. The molecule has 0 saturated heterocycles. The van der Waals surface area contributed by atoms with Gasteiger partial charge in [0.15, 0.2) is 0 Å². The second-order valence-electron chi connectivity index (χ2n) is 8.14. The molecule has 0 fully saturated rings. The zero-order chi connectivity index (χ0) is 23.6. The number of methoxy groups -OCH3 is 1. The monoisotopic (exact) mass is 409 g/mol. The molecule has 0 aliphatic heterocycles. The zero-order valence-electron chi connectivity index (χ0n) is 21.0. The first kappa shape index (κ1) is 27.5. The summed E-state index contributed by atoms with van der Waals surface area (Å²) in [6, 6.07) is 6.34. The van der Waals surface area contributed by atoms with Crippen LogP contribution in [0.25, 0.3) is 0 Å². The highest BCUT2D eigenvalue weighted by Gasteiger charge is 2.28. The molecule has 1 aromatic rings. The predicted octanol–water partition coefficient (Wildman–Crippen LogP) is 8.17. The van der Waals surface area contributed by atoms with Crippen molar-refractivity contribution in [2.45, 2.75) is 74.7 Å². The normalized spacial score (nSPS) is 12.8. The van der Waals surface area contributed by atoms with Gasteiger partial charge in [0.1, 0.15) is 5.75 Å². The van der Waals surface area contributed by atoms with Crippen LogP contribution < -0.4 is 10.5 Å². The average Bonchev–Trinajstić information content (AvgIpc) is 2.66. The van der Waals surface area contributed by atoms with E-state index in [1.165, 1.54) is 17.6 Å². The fourth-order valence-electron chi connectivity index (χ4n) is 3.63. The van der Waals surface area contributed by atoms with E-state index < -0.39 is 0 Å². The number of aryl methyl sites for hydroxylation is 1. The molecular formula is C28H43NO. The van der Waals surface area contributed by atoms with Crippen molar-refractivity contribution in [1.29, 1.82) is 0 Å². The van der Waals surface area contributed by atoms with Crippen molar-refractivity contribution >= 4 is 0 Å². The molecule has 0 spiro atoms. The number of nitrogens with two attached hydrogens (primary N) is 1. The molecule has 0 aromatic heterocycles. The Hall–Kier alpha value is -2.48. The van der Waals surface area contributed by atoms with Gasteiger partial charge in [-0.05, 0) is 76.8 Å². The Morgan fingerprint density at radius 2 is 1.53 bits per heavy atom. The lowest BCUT2D eigenvalue weighted by molar-refractivity contribution is 0.408. The van der Waals surface area contributed by atoms with Crippen LogP contribution in [0.1, 0.15) is 78.9 Å². The van der Waals surface area contributed by atoms with E-state index in [0.717, 1.165) is 44.9 Å². The van der Waals surface area contributed by atoms with Gasteiger partial charge in [0.05, 0.1) is 7.11 Å². The molecule has 0 radical (unpaired) electrons. The molecule has 0 saturated carbocycles. The van der Waals surface area contributed by atoms with E-state index in [0.29, 0.717) is 0 Å². The van der Waals surface area contributed by atoms with E-state index in [4.69, 9.17) is 10.5 Å². The van der Waals surface area contributed by atoms with Crippen molar-refractivity contribution in [2.75, 3.05) is 7.11 Å². The minimum absolute atomic E-state index is 0.0425. The van der Waals surface area contributed by atoms with Crippen molar-refractivity contribution < 1.29 is 4.74 Å². The summed E-state index contributed by atoms with van der Waals surface area (Å²) in [6.07, 6.45) is 3.19. The van der Waals surface area contributed by atoms with E-state index >= 15 is 0 Å². The number of hydrogen-bond donors (Lipinski definition) is 1. The first-order chi connectivity index (χ1) is 14.0. The van der Waals surface area contributed by atoms with E-state index in [-0.39, 0.29) is 5.92 Å². The highest BCUT2D eigenvalue weighted by Crippen LogP contribution is 2.45.